The van der Waals surface area contributed by atoms with Crippen molar-refractivity contribution in [2.45, 2.75) is 76.9 Å². The Morgan fingerprint density at radius 2 is 2.00 bits per heavy atom. The standard InChI is InChI=1S/C26H36O5/c1-3-14-26(15-5-16-26)24(29)7-4-6-20-21(23(28)17-22(20)27)13-10-18-8-11-19(12-9-18)25(30)31-2/h4,6,8-9,11-12,20-22,24,27,29H,3,5,7,10,13-17H2,1-2H3/t20-,21-,22?,24?/m1/s1. The summed E-state index contributed by atoms with van der Waals surface area (Å²) in [6.45, 7) is 2.16. The minimum atomic E-state index is -0.652. The third-order valence-electron chi connectivity index (χ3n) is 7.37. The van der Waals surface area contributed by atoms with Crippen molar-refractivity contribution in [1.29, 1.82) is 0 Å². The van der Waals surface area contributed by atoms with Gasteiger partial charge in [-0.3, -0.25) is 4.79 Å². The molecule has 31 heavy (non-hydrogen) atoms. The van der Waals surface area contributed by atoms with Gasteiger partial charge in [-0.25, -0.2) is 4.79 Å². The Kier molecular flexibility index (Phi) is 8.06. The van der Waals surface area contributed by atoms with Crippen molar-refractivity contribution in [1.82, 2.24) is 0 Å². The molecule has 170 valence electrons. The van der Waals surface area contributed by atoms with Crippen LogP contribution in [0.2, 0.25) is 0 Å². The number of carbonyl (C=O) groups is 2. The van der Waals surface area contributed by atoms with Crippen LogP contribution in [0, 0.1) is 17.3 Å². The molecule has 0 amide bonds. The molecule has 2 N–H and O–H groups in total. The Bertz CT molecular complexity index is 777. The maximum Gasteiger partial charge on any atom is 0.337 e. The highest BCUT2D eigenvalue weighted by Crippen LogP contribution is 2.48. The molecule has 3 rings (SSSR count). The second kappa shape index (κ2) is 10.6. The average Bonchev–Trinajstić information content (AvgIpc) is 3.01. The number of ketones is 1. The molecule has 0 radical (unpaired) electrons. The molecular weight excluding hydrogens is 392 g/mol. The van der Waals surface area contributed by atoms with Gasteiger partial charge in [0, 0.05) is 18.3 Å². The summed E-state index contributed by atoms with van der Waals surface area (Å²) in [6, 6.07) is 7.24. The van der Waals surface area contributed by atoms with Crippen molar-refractivity contribution in [2.75, 3.05) is 7.11 Å². The van der Waals surface area contributed by atoms with E-state index >= 15 is 0 Å². The van der Waals surface area contributed by atoms with Gasteiger partial charge in [0.1, 0.15) is 5.78 Å². The second-order valence-electron chi connectivity index (χ2n) is 9.29. The topological polar surface area (TPSA) is 83.8 Å². The Balaban J connectivity index is 1.57. The molecule has 0 heterocycles. The molecule has 5 nitrogen and oxygen atoms in total. The number of aryl methyl sites for hydroxylation is 1. The van der Waals surface area contributed by atoms with Crippen molar-refractivity contribution in [3.05, 3.63) is 47.5 Å². The molecule has 4 atom stereocenters. The fraction of sp³-hybridized carbons (Fsp3) is 0.615. The number of esters is 1. The van der Waals surface area contributed by atoms with E-state index in [-0.39, 0.29) is 41.5 Å². The van der Waals surface area contributed by atoms with Crippen LogP contribution < -0.4 is 0 Å². The predicted molar refractivity (Wildman–Crippen MR) is 120 cm³/mol. The van der Waals surface area contributed by atoms with Gasteiger partial charge in [-0.15, -0.1) is 0 Å². The summed E-state index contributed by atoms with van der Waals surface area (Å²) in [7, 11) is 1.36. The molecule has 0 aromatic heterocycles. The van der Waals surface area contributed by atoms with Gasteiger partial charge < -0.3 is 14.9 Å². The van der Waals surface area contributed by atoms with Crippen molar-refractivity contribution < 1.29 is 24.5 Å². The highest BCUT2D eigenvalue weighted by molar-refractivity contribution is 5.89. The van der Waals surface area contributed by atoms with Gasteiger partial charge in [0.25, 0.3) is 0 Å². The van der Waals surface area contributed by atoms with E-state index in [9.17, 15) is 19.8 Å². The predicted octanol–water partition coefficient (Wildman–Crippen LogP) is 4.25. The summed E-state index contributed by atoms with van der Waals surface area (Å²) in [6.07, 6.45) is 10.6. The van der Waals surface area contributed by atoms with E-state index in [1.54, 1.807) is 12.1 Å². The van der Waals surface area contributed by atoms with Gasteiger partial charge in [0.05, 0.1) is 24.9 Å². The number of benzene rings is 1. The van der Waals surface area contributed by atoms with Gasteiger partial charge in [0.15, 0.2) is 0 Å². The summed E-state index contributed by atoms with van der Waals surface area (Å²) >= 11 is 0. The zero-order valence-corrected chi connectivity index (χ0v) is 18.8. The maximum absolute atomic E-state index is 12.5. The molecule has 0 bridgehead atoms. The lowest BCUT2D eigenvalue weighted by atomic mass is 9.62. The number of rotatable bonds is 10. The molecule has 5 heteroatoms. The van der Waals surface area contributed by atoms with Crippen LogP contribution in [0.15, 0.2) is 36.4 Å². The van der Waals surface area contributed by atoms with E-state index in [1.165, 1.54) is 13.5 Å². The largest absolute Gasteiger partial charge is 0.465 e. The van der Waals surface area contributed by atoms with Crippen molar-refractivity contribution in [2.24, 2.45) is 17.3 Å². The van der Waals surface area contributed by atoms with Gasteiger partial charge in [0.2, 0.25) is 0 Å². The Morgan fingerprint density at radius 3 is 2.58 bits per heavy atom. The second-order valence-corrected chi connectivity index (χ2v) is 9.29. The van der Waals surface area contributed by atoms with Crippen molar-refractivity contribution >= 4 is 11.8 Å². The first kappa shape index (κ1) is 23.7. The first-order chi connectivity index (χ1) is 14.9. The Morgan fingerprint density at radius 1 is 1.29 bits per heavy atom. The van der Waals surface area contributed by atoms with Crippen molar-refractivity contribution in [3.63, 3.8) is 0 Å². The lowest BCUT2D eigenvalue weighted by Crippen LogP contribution is -2.41. The van der Waals surface area contributed by atoms with Crippen LogP contribution in [0.4, 0.5) is 0 Å². The molecule has 2 aliphatic carbocycles. The molecule has 0 aliphatic heterocycles. The van der Waals surface area contributed by atoms with Crippen LogP contribution in [-0.4, -0.2) is 41.3 Å². The highest BCUT2D eigenvalue weighted by atomic mass is 16.5. The SMILES string of the molecule is CCCC1(C(O)CC=C[C@H]2C(O)CC(=O)[C@@H]2CCc2ccc(C(=O)OC)cc2)CCC1. The zero-order valence-electron chi connectivity index (χ0n) is 18.8. The molecule has 1 aromatic rings. The van der Waals surface area contributed by atoms with E-state index in [0.717, 1.165) is 31.2 Å². The van der Waals surface area contributed by atoms with Gasteiger partial charge in [-0.1, -0.05) is 44.1 Å². The van der Waals surface area contributed by atoms with Crippen LogP contribution in [0.1, 0.15) is 74.2 Å². The fourth-order valence-electron chi connectivity index (χ4n) is 5.33. The average molecular weight is 429 g/mol. The first-order valence-corrected chi connectivity index (χ1v) is 11.6. The van der Waals surface area contributed by atoms with Gasteiger partial charge in [-0.05, 0) is 61.6 Å². The van der Waals surface area contributed by atoms with Crippen LogP contribution in [-0.2, 0) is 16.0 Å². The quantitative estimate of drug-likeness (QED) is 0.430. The smallest absolute Gasteiger partial charge is 0.337 e. The van der Waals surface area contributed by atoms with E-state index in [4.69, 9.17) is 4.74 Å². The molecule has 0 spiro atoms. The number of ether oxygens (including phenoxy) is 1. The van der Waals surface area contributed by atoms with Gasteiger partial charge >= 0.3 is 5.97 Å². The maximum atomic E-state index is 12.5. The van der Waals surface area contributed by atoms with Crippen LogP contribution in [0.3, 0.4) is 0 Å². The monoisotopic (exact) mass is 428 g/mol. The summed E-state index contributed by atoms with van der Waals surface area (Å²) < 4.78 is 4.72. The third kappa shape index (κ3) is 5.45. The number of Topliss-reactive ketones (excluding diaryl/α,β-unsaturated/α-hetero) is 1. The number of aliphatic hydroxyl groups is 2. The molecule has 1 aromatic carbocycles. The van der Waals surface area contributed by atoms with Crippen LogP contribution in [0.5, 0.6) is 0 Å². The summed E-state index contributed by atoms with van der Waals surface area (Å²) in [5.41, 5.74) is 1.62. The lowest BCUT2D eigenvalue weighted by Gasteiger charge is -2.45. The molecule has 2 unspecified atom stereocenters. The molecule has 2 fully saturated rings. The van der Waals surface area contributed by atoms with Crippen molar-refractivity contribution in [3.8, 4) is 0 Å². The van der Waals surface area contributed by atoms with Gasteiger partial charge in [-0.2, -0.15) is 0 Å². The number of carbonyl (C=O) groups excluding carboxylic acids is 2. The highest BCUT2D eigenvalue weighted by Gasteiger charge is 2.42. The molecule has 2 aliphatic rings. The Hall–Kier alpha value is -1.98. The lowest BCUT2D eigenvalue weighted by molar-refractivity contribution is -0.121. The molecule has 2 saturated carbocycles. The fourth-order valence-corrected chi connectivity index (χ4v) is 5.33. The molecule has 0 saturated heterocycles. The number of methoxy groups -OCH3 is 1. The zero-order chi connectivity index (χ0) is 22.4. The normalized spacial score (nSPS) is 26.1. The van der Waals surface area contributed by atoms with E-state index < -0.39 is 6.10 Å². The minimum Gasteiger partial charge on any atom is -0.465 e. The van der Waals surface area contributed by atoms with E-state index in [1.807, 2.05) is 24.3 Å². The molecular formula is C26H36O5. The number of aliphatic hydroxyl groups excluding tert-OH is 2. The summed E-state index contributed by atoms with van der Waals surface area (Å²) in [4.78, 5) is 24.1. The summed E-state index contributed by atoms with van der Waals surface area (Å²) in [5, 5.41) is 21.2. The van der Waals surface area contributed by atoms with E-state index in [0.29, 0.717) is 24.8 Å². The number of hydrogen-bond acceptors (Lipinski definition) is 5. The number of hydrogen-bond donors (Lipinski definition) is 2. The Labute approximate surface area is 185 Å². The van der Waals surface area contributed by atoms with Crippen LogP contribution >= 0.6 is 0 Å². The van der Waals surface area contributed by atoms with E-state index in [2.05, 4.69) is 6.92 Å². The summed E-state index contributed by atoms with van der Waals surface area (Å²) in [5.74, 6) is -0.666. The minimum absolute atomic E-state index is 0.0684. The van der Waals surface area contributed by atoms with Crippen LogP contribution in [0.25, 0.3) is 0 Å². The third-order valence-corrected chi connectivity index (χ3v) is 7.37. The first-order valence-electron chi connectivity index (χ1n) is 11.6.